The first-order chi connectivity index (χ1) is 13.8. The molecule has 0 saturated heterocycles. The Hall–Kier alpha value is -3.13. The van der Waals surface area contributed by atoms with Crippen LogP contribution in [0.25, 0.3) is 28.2 Å². The van der Waals surface area contributed by atoms with Gasteiger partial charge in [-0.05, 0) is 81.0 Å². The molecule has 0 amide bonds. The van der Waals surface area contributed by atoms with Crippen LogP contribution in [0.4, 0.5) is 0 Å². The molecule has 2 heteroatoms. The first-order valence-electron chi connectivity index (χ1n) is 10.2. The lowest BCUT2D eigenvalue weighted by Crippen LogP contribution is -2.02. The molecule has 2 nitrogen and oxygen atoms in total. The molecule has 0 aliphatic heterocycles. The van der Waals surface area contributed by atoms with Gasteiger partial charge < -0.3 is 0 Å². The molecule has 146 valence electrons. The van der Waals surface area contributed by atoms with E-state index in [1.165, 1.54) is 50.2 Å². The van der Waals surface area contributed by atoms with Gasteiger partial charge in [-0.15, -0.1) is 0 Å². The second-order valence-electron chi connectivity index (χ2n) is 8.22. The molecule has 0 atom stereocenters. The molecule has 3 aromatic carbocycles. The quantitative estimate of drug-likeness (QED) is 0.372. The maximum Gasteiger partial charge on any atom is 0.144 e. The van der Waals surface area contributed by atoms with Crippen LogP contribution in [0.2, 0.25) is 0 Å². The summed E-state index contributed by atoms with van der Waals surface area (Å²) in [5.41, 5.74) is 12.7. The van der Waals surface area contributed by atoms with Gasteiger partial charge in [0.1, 0.15) is 5.82 Å². The van der Waals surface area contributed by atoms with E-state index in [-0.39, 0.29) is 0 Å². The maximum absolute atomic E-state index is 4.72. The summed E-state index contributed by atoms with van der Waals surface area (Å²) < 4.78 is 2.22. The van der Waals surface area contributed by atoms with Gasteiger partial charge in [-0.1, -0.05) is 53.6 Å². The Labute approximate surface area is 173 Å². The number of nitrogens with zero attached hydrogens (tertiary/aromatic N) is 2. The first-order valence-corrected chi connectivity index (χ1v) is 10.2. The summed E-state index contributed by atoms with van der Waals surface area (Å²) >= 11 is 0. The predicted octanol–water partition coefficient (Wildman–Crippen LogP) is 7.06. The molecule has 0 unspecified atom stereocenters. The van der Waals surface area contributed by atoms with Gasteiger partial charge in [0.25, 0.3) is 0 Å². The van der Waals surface area contributed by atoms with E-state index in [9.17, 15) is 0 Å². The summed E-state index contributed by atoms with van der Waals surface area (Å²) in [5, 5.41) is 0. The SMILES string of the molecule is Cc1cc(C)c(-c2cccc(-c3nccn3-c3c(C)cc(C)cc3C)c2)c(C)c1. The van der Waals surface area contributed by atoms with Crippen molar-refractivity contribution < 1.29 is 0 Å². The van der Waals surface area contributed by atoms with E-state index in [0.717, 1.165) is 11.4 Å². The van der Waals surface area contributed by atoms with Crippen LogP contribution in [0.3, 0.4) is 0 Å². The number of aromatic nitrogens is 2. The van der Waals surface area contributed by atoms with Crippen molar-refractivity contribution in [2.75, 3.05) is 0 Å². The molecule has 0 N–H and O–H groups in total. The standard InChI is InChI=1S/C27H28N2/c1-17-12-19(3)25(20(4)13-17)23-8-7-9-24(16-23)27-28-10-11-29(27)26-21(5)14-18(2)15-22(26)6/h7-16H,1-6H3. The number of benzene rings is 3. The number of imidazole rings is 1. The molecule has 0 aliphatic carbocycles. The lowest BCUT2D eigenvalue weighted by molar-refractivity contribution is 1.03. The Balaban J connectivity index is 1.86. The average Bonchev–Trinajstić information content (AvgIpc) is 3.09. The third-order valence-electron chi connectivity index (χ3n) is 5.60. The zero-order valence-corrected chi connectivity index (χ0v) is 18.2. The summed E-state index contributed by atoms with van der Waals surface area (Å²) in [5.74, 6) is 0.976. The van der Waals surface area contributed by atoms with Gasteiger partial charge in [0.05, 0.1) is 5.69 Å². The van der Waals surface area contributed by atoms with Gasteiger partial charge >= 0.3 is 0 Å². The zero-order chi connectivity index (χ0) is 20.7. The third-order valence-corrected chi connectivity index (χ3v) is 5.60. The van der Waals surface area contributed by atoms with Crippen molar-refractivity contribution in [1.82, 2.24) is 9.55 Å². The van der Waals surface area contributed by atoms with Crippen LogP contribution in [-0.4, -0.2) is 9.55 Å². The summed E-state index contributed by atoms with van der Waals surface area (Å²) in [6.45, 7) is 13.0. The highest BCUT2D eigenvalue weighted by Gasteiger charge is 2.14. The fourth-order valence-electron chi connectivity index (χ4n) is 4.70. The Morgan fingerprint density at radius 1 is 0.655 bits per heavy atom. The van der Waals surface area contributed by atoms with Crippen LogP contribution in [0.15, 0.2) is 60.9 Å². The molecule has 0 bridgehead atoms. The molecular formula is C27H28N2. The van der Waals surface area contributed by atoms with Gasteiger partial charge in [0, 0.05) is 18.0 Å². The van der Waals surface area contributed by atoms with Gasteiger partial charge in [0.15, 0.2) is 0 Å². The second kappa shape index (κ2) is 7.36. The molecule has 1 aromatic heterocycles. The Kier molecular flexibility index (Phi) is 4.87. The van der Waals surface area contributed by atoms with Crippen LogP contribution < -0.4 is 0 Å². The van der Waals surface area contributed by atoms with E-state index in [4.69, 9.17) is 4.98 Å². The van der Waals surface area contributed by atoms with Crippen LogP contribution >= 0.6 is 0 Å². The summed E-state index contributed by atoms with van der Waals surface area (Å²) in [4.78, 5) is 4.72. The highest BCUT2D eigenvalue weighted by atomic mass is 15.1. The van der Waals surface area contributed by atoms with Crippen molar-refractivity contribution in [2.45, 2.75) is 41.5 Å². The number of hydrogen-bond acceptors (Lipinski definition) is 1. The van der Waals surface area contributed by atoms with Gasteiger partial charge in [-0.2, -0.15) is 0 Å². The minimum atomic E-state index is 0.976. The normalized spacial score (nSPS) is 11.1. The van der Waals surface area contributed by atoms with Crippen LogP contribution in [-0.2, 0) is 0 Å². The number of aryl methyl sites for hydroxylation is 6. The van der Waals surface area contributed by atoms with Crippen LogP contribution in [0.5, 0.6) is 0 Å². The first kappa shape index (κ1) is 19.2. The maximum atomic E-state index is 4.72. The van der Waals surface area contributed by atoms with E-state index in [0.29, 0.717) is 0 Å². The fraction of sp³-hybridized carbons (Fsp3) is 0.222. The van der Waals surface area contributed by atoms with Gasteiger partial charge in [-0.25, -0.2) is 4.98 Å². The Morgan fingerprint density at radius 2 is 1.21 bits per heavy atom. The van der Waals surface area contributed by atoms with Crippen LogP contribution in [0, 0.1) is 41.5 Å². The number of rotatable bonds is 3. The van der Waals surface area contributed by atoms with Crippen molar-refractivity contribution in [3.8, 4) is 28.2 Å². The Bertz CT molecular complexity index is 1160. The summed E-state index contributed by atoms with van der Waals surface area (Å²) in [7, 11) is 0. The topological polar surface area (TPSA) is 17.8 Å². The van der Waals surface area contributed by atoms with E-state index >= 15 is 0 Å². The van der Waals surface area contributed by atoms with Crippen molar-refractivity contribution in [1.29, 1.82) is 0 Å². The molecule has 0 fully saturated rings. The summed E-state index contributed by atoms with van der Waals surface area (Å²) in [6, 6.07) is 17.7. The van der Waals surface area contributed by atoms with Crippen molar-refractivity contribution in [3.63, 3.8) is 0 Å². The number of hydrogen-bond donors (Lipinski definition) is 0. The minimum Gasteiger partial charge on any atom is -0.299 e. The van der Waals surface area contributed by atoms with Crippen molar-refractivity contribution in [2.24, 2.45) is 0 Å². The van der Waals surface area contributed by atoms with Gasteiger partial charge in [0.2, 0.25) is 0 Å². The zero-order valence-electron chi connectivity index (χ0n) is 18.2. The molecule has 4 aromatic rings. The van der Waals surface area contributed by atoms with E-state index in [1.807, 2.05) is 6.20 Å². The van der Waals surface area contributed by atoms with E-state index in [1.54, 1.807) is 0 Å². The predicted molar refractivity (Wildman–Crippen MR) is 123 cm³/mol. The van der Waals surface area contributed by atoms with Gasteiger partial charge in [-0.3, -0.25) is 4.57 Å². The lowest BCUT2D eigenvalue weighted by Gasteiger charge is -2.16. The highest BCUT2D eigenvalue weighted by Crippen LogP contribution is 2.33. The van der Waals surface area contributed by atoms with Crippen molar-refractivity contribution in [3.05, 3.63) is 94.3 Å². The molecule has 0 radical (unpaired) electrons. The molecule has 4 rings (SSSR count). The van der Waals surface area contributed by atoms with E-state index in [2.05, 4.69) is 101 Å². The van der Waals surface area contributed by atoms with E-state index < -0.39 is 0 Å². The lowest BCUT2D eigenvalue weighted by atomic mass is 9.93. The van der Waals surface area contributed by atoms with Crippen LogP contribution in [0.1, 0.15) is 33.4 Å². The second-order valence-corrected chi connectivity index (χ2v) is 8.22. The average molecular weight is 381 g/mol. The molecule has 0 spiro atoms. The molecular weight excluding hydrogens is 352 g/mol. The fourth-order valence-corrected chi connectivity index (χ4v) is 4.70. The molecule has 1 heterocycles. The highest BCUT2D eigenvalue weighted by molar-refractivity contribution is 5.76. The Morgan fingerprint density at radius 3 is 1.83 bits per heavy atom. The molecule has 0 aliphatic rings. The van der Waals surface area contributed by atoms with Crippen molar-refractivity contribution >= 4 is 0 Å². The third kappa shape index (κ3) is 3.51. The molecule has 0 saturated carbocycles. The summed E-state index contributed by atoms with van der Waals surface area (Å²) in [6.07, 6.45) is 3.96. The molecule has 29 heavy (non-hydrogen) atoms. The monoisotopic (exact) mass is 380 g/mol. The largest absolute Gasteiger partial charge is 0.299 e. The smallest absolute Gasteiger partial charge is 0.144 e. The minimum absolute atomic E-state index is 0.976.